The summed E-state index contributed by atoms with van der Waals surface area (Å²) in [5.74, 6) is -1.96. The van der Waals surface area contributed by atoms with Gasteiger partial charge in [-0.2, -0.15) is 18.4 Å². The smallest absolute Gasteiger partial charge is 0.322 e. The third-order valence-corrected chi connectivity index (χ3v) is 3.38. The zero-order valence-corrected chi connectivity index (χ0v) is 12.1. The van der Waals surface area contributed by atoms with Crippen molar-refractivity contribution in [1.82, 2.24) is 0 Å². The first-order valence-corrected chi connectivity index (χ1v) is 6.18. The van der Waals surface area contributed by atoms with Crippen LogP contribution in [-0.2, 0) is 11.0 Å². The normalized spacial score (nSPS) is 11.0. The van der Waals surface area contributed by atoms with Crippen molar-refractivity contribution in [3.8, 4) is 6.07 Å². The number of rotatable bonds is 2. The van der Waals surface area contributed by atoms with Crippen LogP contribution in [-0.4, -0.2) is 5.91 Å². The molecule has 0 fully saturated rings. The van der Waals surface area contributed by atoms with E-state index in [9.17, 15) is 22.4 Å². The van der Waals surface area contributed by atoms with E-state index in [0.29, 0.717) is 6.07 Å². The maximum Gasteiger partial charge on any atom is 0.418 e. The lowest BCUT2D eigenvalue weighted by Gasteiger charge is -2.15. The Hall–Kier alpha value is -1.14. The van der Waals surface area contributed by atoms with Crippen molar-refractivity contribution in [3.05, 3.63) is 26.4 Å². The summed E-state index contributed by atoms with van der Waals surface area (Å²) < 4.78 is 50.7. The van der Waals surface area contributed by atoms with Crippen molar-refractivity contribution in [3.63, 3.8) is 0 Å². The molecule has 0 saturated carbocycles. The van der Waals surface area contributed by atoms with Crippen molar-refractivity contribution in [2.45, 2.75) is 12.6 Å². The average Bonchev–Trinajstić information content (AvgIpc) is 2.22. The first-order chi connectivity index (χ1) is 8.68. The number of hydrogen-bond donors (Lipinski definition) is 1. The van der Waals surface area contributed by atoms with Gasteiger partial charge in [-0.3, -0.25) is 4.79 Å². The molecule has 0 atom stereocenters. The molecule has 0 aromatic heterocycles. The molecule has 0 unspecified atom stereocenters. The molecule has 1 N–H and O–H groups in total. The molecular formula is C10H4Br2F4N2O. The summed E-state index contributed by atoms with van der Waals surface area (Å²) in [6.07, 6.45) is -5.33. The molecule has 0 spiro atoms. The fraction of sp³-hybridized carbons (Fsp3) is 0.200. The molecule has 0 aliphatic carbocycles. The van der Waals surface area contributed by atoms with Gasteiger partial charge in [0, 0.05) is 4.47 Å². The first kappa shape index (κ1) is 15.9. The molecule has 102 valence electrons. The fourth-order valence-electron chi connectivity index (χ4n) is 1.22. The molecule has 0 bridgehead atoms. The lowest BCUT2D eigenvalue weighted by molar-refractivity contribution is -0.138. The summed E-state index contributed by atoms with van der Waals surface area (Å²) in [5.41, 5.74) is -1.81. The van der Waals surface area contributed by atoms with E-state index in [-0.39, 0.29) is 0 Å². The number of carbonyl (C=O) groups is 1. The van der Waals surface area contributed by atoms with E-state index >= 15 is 0 Å². The van der Waals surface area contributed by atoms with Crippen LogP contribution in [0, 0.1) is 17.1 Å². The molecule has 1 aromatic rings. The number of alkyl halides is 3. The number of halogens is 6. The van der Waals surface area contributed by atoms with Gasteiger partial charge in [0.15, 0.2) is 0 Å². The van der Waals surface area contributed by atoms with Gasteiger partial charge in [0.25, 0.3) is 0 Å². The second kappa shape index (κ2) is 5.88. The van der Waals surface area contributed by atoms with E-state index in [1.807, 2.05) is 5.32 Å². The summed E-state index contributed by atoms with van der Waals surface area (Å²) in [7, 11) is 0. The summed E-state index contributed by atoms with van der Waals surface area (Å²) in [6, 6.07) is 2.09. The van der Waals surface area contributed by atoms with Crippen LogP contribution in [0.15, 0.2) is 15.0 Å². The van der Waals surface area contributed by atoms with Crippen molar-refractivity contribution in [1.29, 1.82) is 5.26 Å². The summed E-state index contributed by atoms with van der Waals surface area (Å²) in [4.78, 5) is 11.1. The molecule has 0 aliphatic rings. The van der Waals surface area contributed by atoms with Gasteiger partial charge in [0.05, 0.1) is 21.8 Å². The first-order valence-electron chi connectivity index (χ1n) is 4.60. The van der Waals surface area contributed by atoms with E-state index in [1.165, 1.54) is 6.07 Å². The largest absolute Gasteiger partial charge is 0.418 e. The molecule has 0 aliphatic heterocycles. The lowest BCUT2D eigenvalue weighted by atomic mass is 10.2. The van der Waals surface area contributed by atoms with E-state index in [0.717, 1.165) is 0 Å². The number of nitrogens with one attached hydrogen (secondary N) is 1. The average molecular weight is 404 g/mol. The Balaban J connectivity index is 3.34. The Bertz CT molecular complexity index is 566. The fourth-order valence-corrected chi connectivity index (χ4v) is 2.84. The number of carbonyl (C=O) groups excluding carboxylic acids is 1. The molecule has 0 heterocycles. The van der Waals surface area contributed by atoms with Crippen molar-refractivity contribution >= 4 is 43.5 Å². The van der Waals surface area contributed by atoms with Gasteiger partial charge in [-0.05, 0) is 22.0 Å². The van der Waals surface area contributed by atoms with E-state index in [4.69, 9.17) is 5.26 Å². The number of benzene rings is 1. The minimum atomic E-state index is -4.74. The Kier molecular flexibility index (Phi) is 4.92. The highest BCUT2D eigenvalue weighted by Crippen LogP contribution is 2.44. The van der Waals surface area contributed by atoms with Crippen LogP contribution in [0.3, 0.4) is 0 Å². The van der Waals surface area contributed by atoms with Crippen LogP contribution < -0.4 is 5.32 Å². The molecule has 1 rings (SSSR count). The Morgan fingerprint density at radius 1 is 1.42 bits per heavy atom. The van der Waals surface area contributed by atoms with Crippen molar-refractivity contribution in [2.24, 2.45) is 0 Å². The maximum absolute atomic E-state index is 13.6. The quantitative estimate of drug-likeness (QED) is 0.751. The van der Waals surface area contributed by atoms with Crippen LogP contribution >= 0.6 is 31.9 Å². The monoisotopic (exact) mass is 402 g/mol. The highest BCUT2D eigenvalue weighted by molar-refractivity contribution is 9.11. The summed E-state index contributed by atoms with van der Waals surface area (Å²) in [5, 5.41) is 10.2. The van der Waals surface area contributed by atoms with E-state index < -0.39 is 44.5 Å². The zero-order chi connectivity index (χ0) is 14.8. The second-order valence-corrected chi connectivity index (χ2v) is 4.93. The van der Waals surface area contributed by atoms with Crippen molar-refractivity contribution in [2.75, 3.05) is 5.32 Å². The summed E-state index contributed by atoms with van der Waals surface area (Å²) in [6.45, 7) is 0. The highest BCUT2D eigenvalue weighted by atomic mass is 79.9. The standard InChI is InChI=1S/C10H4Br2F4N2O/c11-4-3-5(13)9(18-6(19)1-2-17)8(12)7(4)10(14,15)16/h3H,1H2,(H,18,19). The Morgan fingerprint density at radius 2 is 2.00 bits per heavy atom. The molecule has 9 heteroatoms. The van der Waals surface area contributed by atoms with Gasteiger partial charge in [-0.1, -0.05) is 15.9 Å². The van der Waals surface area contributed by atoms with E-state index in [2.05, 4.69) is 31.9 Å². The number of anilines is 1. The molecule has 19 heavy (non-hydrogen) atoms. The van der Waals surface area contributed by atoms with Crippen LogP contribution in [0.1, 0.15) is 12.0 Å². The second-order valence-electron chi connectivity index (χ2n) is 3.29. The van der Waals surface area contributed by atoms with Gasteiger partial charge in [0.2, 0.25) is 5.91 Å². The van der Waals surface area contributed by atoms with Crippen LogP contribution in [0.4, 0.5) is 23.2 Å². The lowest BCUT2D eigenvalue weighted by Crippen LogP contribution is -2.15. The number of nitriles is 1. The molecule has 3 nitrogen and oxygen atoms in total. The SMILES string of the molecule is N#CCC(=O)Nc1c(F)cc(Br)c(C(F)(F)F)c1Br. The predicted octanol–water partition coefficient (Wildman–Crippen LogP) is 4.22. The maximum atomic E-state index is 13.6. The molecule has 0 radical (unpaired) electrons. The molecular weight excluding hydrogens is 400 g/mol. The number of hydrogen-bond acceptors (Lipinski definition) is 2. The Labute approximate surface area is 121 Å². The number of nitrogens with zero attached hydrogens (tertiary/aromatic N) is 1. The summed E-state index contributed by atoms with van der Waals surface area (Å²) >= 11 is 5.22. The Morgan fingerprint density at radius 3 is 2.47 bits per heavy atom. The third-order valence-electron chi connectivity index (χ3n) is 1.96. The number of amides is 1. The van der Waals surface area contributed by atoms with Gasteiger partial charge in [0.1, 0.15) is 12.2 Å². The van der Waals surface area contributed by atoms with Crippen LogP contribution in [0.2, 0.25) is 0 Å². The van der Waals surface area contributed by atoms with Crippen molar-refractivity contribution < 1.29 is 22.4 Å². The van der Waals surface area contributed by atoms with E-state index in [1.54, 1.807) is 0 Å². The van der Waals surface area contributed by atoms with Gasteiger partial charge in [-0.25, -0.2) is 4.39 Å². The molecule has 1 amide bonds. The van der Waals surface area contributed by atoms with Gasteiger partial charge >= 0.3 is 6.18 Å². The third kappa shape index (κ3) is 3.67. The molecule has 1 aromatic carbocycles. The van der Waals surface area contributed by atoms with Crippen LogP contribution in [0.5, 0.6) is 0 Å². The molecule has 0 saturated heterocycles. The minimum absolute atomic E-state index is 0.498. The van der Waals surface area contributed by atoms with Crippen LogP contribution in [0.25, 0.3) is 0 Å². The minimum Gasteiger partial charge on any atom is -0.322 e. The predicted molar refractivity (Wildman–Crippen MR) is 65.7 cm³/mol. The topological polar surface area (TPSA) is 52.9 Å². The highest BCUT2D eigenvalue weighted by Gasteiger charge is 2.37. The van der Waals surface area contributed by atoms with Gasteiger partial charge in [-0.15, -0.1) is 0 Å². The van der Waals surface area contributed by atoms with Gasteiger partial charge < -0.3 is 5.32 Å². The zero-order valence-electron chi connectivity index (χ0n) is 8.91.